The van der Waals surface area contributed by atoms with E-state index in [1.807, 2.05) is 52.0 Å². The van der Waals surface area contributed by atoms with Crippen molar-refractivity contribution >= 4 is 22.6 Å². The van der Waals surface area contributed by atoms with E-state index in [9.17, 15) is 0 Å². The number of allylic oxidation sites excluding steroid dienone is 4. The van der Waals surface area contributed by atoms with Crippen molar-refractivity contribution in [1.82, 2.24) is 0 Å². The molecule has 2 fully saturated rings. The van der Waals surface area contributed by atoms with Gasteiger partial charge in [-0.05, 0) is 146 Å². The SMILES string of the molecule is CC1=CC=C(c2ccc(C)o2)C1.Cc1ccc(C2CCC(C)C2)o1.Cc1ccc(C2CCC(C)C2)o1.Cc1ccco1.[CH3-].[CH3-].[Cl][Zr+2][Cl]. The van der Waals surface area contributed by atoms with E-state index in [1.54, 1.807) is 6.26 Å². The fraction of sp³-hybridized carbons (Fsp3) is 0.450. The van der Waals surface area contributed by atoms with Gasteiger partial charge in [-0.3, -0.25) is 0 Å². The van der Waals surface area contributed by atoms with Crippen LogP contribution in [-0.2, 0) is 20.8 Å². The van der Waals surface area contributed by atoms with Gasteiger partial charge in [0.05, 0.1) is 6.26 Å². The van der Waals surface area contributed by atoms with E-state index < -0.39 is 20.8 Å². The minimum atomic E-state index is -0.826. The molecule has 3 aliphatic rings. The van der Waals surface area contributed by atoms with Gasteiger partial charge in [-0.2, -0.15) is 0 Å². The molecule has 0 N–H and O–H groups in total. The number of hydrogen-bond acceptors (Lipinski definition) is 4. The van der Waals surface area contributed by atoms with Crippen molar-refractivity contribution in [2.24, 2.45) is 11.8 Å². The van der Waals surface area contributed by atoms with Gasteiger partial charge in [0.1, 0.15) is 40.3 Å². The van der Waals surface area contributed by atoms with Crippen LogP contribution in [0.25, 0.3) is 5.57 Å². The summed E-state index contributed by atoms with van der Waals surface area (Å²) in [4.78, 5) is 0. The van der Waals surface area contributed by atoms with Crippen LogP contribution in [0.4, 0.5) is 0 Å². The average Bonchev–Trinajstić information content (AvgIpc) is 3.82. The normalized spacial score (nSPS) is 20.5. The zero-order valence-corrected chi connectivity index (χ0v) is 34.0. The Morgan fingerprint density at radius 1 is 0.617 bits per heavy atom. The van der Waals surface area contributed by atoms with Crippen LogP contribution in [0.15, 0.2) is 90.2 Å². The van der Waals surface area contributed by atoms with Gasteiger partial charge in [0.2, 0.25) is 0 Å². The zero-order chi connectivity index (χ0) is 32.8. The summed E-state index contributed by atoms with van der Waals surface area (Å²) in [6, 6.07) is 16.2. The molecule has 4 aromatic rings. The number of rotatable bonds is 3. The number of furan rings is 4. The molecule has 3 aliphatic carbocycles. The maximum atomic E-state index is 5.62. The molecule has 4 aromatic heterocycles. The molecule has 0 saturated heterocycles. The van der Waals surface area contributed by atoms with E-state index in [1.165, 1.54) is 61.2 Å². The first-order valence-electron chi connectivity index (χ1n) is 16.1. The second-order valence-electron chi connectivity index (χ2n) is 12.7. The van der Waals surface area contributed by atoms with Crippen molar-refractivity contribution in [1.29, 1.82) is 0 Å². The first-order valence-corrected chi connectivity index (χ1v) is 22.4. The molecule has 4 heterocycles. The Hall–Kier alpha value is -1.94. The Morgan fingerprint density at radius 2 is 1.11 bits per heavy atom. The number of hydrogen-bond donors (Lipinski definition) is 0. The van der Waals surface area contributed by atoms with Crippen LogP contribution in [0.1, 0.15) is 118 Å². The van der Waals surface area contributed by atoms with Crippen LogP contribution >= 0.6 is 17.0 Å². The topological polar surface area (TPSA) is 52.6 Å². The second-order valence-corrected chi connectivity index (χ2v) is 16.4. The zero-order valence-electron chi connectivity index (χ0n) is 30.0. The summed E-state index contributed by atoms with van der Waals surface area (Å²) in [6.07, 6.45) is 15.0. The third kappa shape index (κ3) is 15.4. The minimum absolute atomic E-state index is 0. The van der Waals surface area contributed by atoms with Gasteiger partial charge < -0.3 is 32.5 Å². The van der Waals surface area contributed by atoms with Gasteiger partial charge in [-0.25, -0.2) is 0 Å². The summed E-state index contributed by atoms with van der Waals surface area (Å²) in [6.45, 7) is 14.7. The van der Waals surface area contributed by atoms with Gasteiger partial charge in [0, 0.05) is 11.8 Å². The van der Waals surface area contributed by atoms with Gasteiger partial charge in [-0.1, -0.05) is 31.6 Å². The average molecular weight is 763 g/mol. The number of halogens is 2. The van der Waals surface area contributed by atoms with Crippen LogP contribution in [0.5, 0.6) is 0 Å². The van der Waals surface area contributed by atoms with E-state index in [0.717, 1.165) is 47.1 Å². The Labute approximate surface area is 304 Å². The monoisotopic (exact) mass is 760 g/mol. The predicted octanol–water partition coefficient (Wildman–Crippen LogP) is 14.2. The van der Waals surface area contributed by atoms with E-state index in [0.29, 0.717) is 11.8 Å². The quantitative estimate of drug-likeness (QED) is 0.195. The Morgan fingerprint density at radius 3 is 1.38 bits per heavy atom. The summed E-state index contributed by atoms with van der Waals surface area (Å²) in [5.74, 6) is 10.7. The fourth-order valence-corrected chi connectivity index (χ4v) is 6.07. The van der Waals surface area contributed by atoms with Crippen molar-refractivity contribution in [3.63, 3.8) is 0 Å². The molecule has 0 radical (unpaired) electrons. The Bertz CT molecular complexity index is 1390. The van der Waals surface area contributed by atoms with Crippen LogP contribution in [0.2, 0.25) is 0 Å². The summed E-state index contributed by atoms with van der Waals surface area (Å²) in [5, 5.41) is 0. The molecule has 7 heteroatoms. The molecule has 0 aliphatic heterocycles. The van der Waals surface area contributed by atoms with E-state index in [2.05, 4.69) is 57.2 Å². The summed E-state index contributed by atoms with van der Waals surface area (Å²) in [5.41, 5.74) is 2.69. The molecule has 0 spiro atoms. The molecule has 4 unspecified atom stereocenters. The first kappa shape index (κ1) is 43.1. The van der Waals surface area contributed by atoms with E-state index in [-0.39, 0.29) is 14.9 Å². The third-order valence-electron chi connectivity index (χ3n) is 8.48. The molecule has 258 valence electrons. The Balaban J connectivity index is 0.000000307. The molecular weight excluding hydrogens is 707 g/mol. The van der Waals surface area contributed by atoms with Gasteiger partial charge in [0.25, 0.3) is 0 Å². The fourth-order valence-electron chi connectivity index (χ4n) is 6.07. The predicted molar refractivity (Wildman–Crippen MR) is 196 cm³/mol. The van der Waals surface area contributed by atoms with E-state index in [4.69, 9.17) is 34.7 Å². The van der Waals surface area contributed by atoms with Crippen LogP contribution in [0.3, 0.4) is 0 Å². The second kappa shape index (κ2) is 22.7. The summed E-state index contributed by atoms with van der Waals surface area (Å²) < 4.78 is 21.6. The van der Waals surface area contributed by atoms with Crippen LogP contribution < -0.4 is 0 Å². The molecule has 0 aromatic carbocycles. The third-order valence-corrected chi connectivity index (χ3v) is 8.48. The molecule has 4 atom stereocenters. The van der Waals surface area contributed by atoms with Crippen LogP contribution in [0, 0.1) is 54.4 Å². The maximum absolute atomic E-state index is 5.62. The van der Waals surface area contributed by atoms with Crippen LogP contribution in [-0.4, -0.2) is 0 Å². The molecular formula is C40H56Cl2O4Zr. The van der Waals surface area contributed by atoms with Gasteiger partial charge in [0.15, 0.2) is 0 Å². The molecule has 47 heavy (non-hydrogen) atoms. The van der Waals surface area contributed by atoms with E-state index >= 15 is 0 Å². The molecule has 4 nitrogen and oxygen atoms in total. The molecule has 0 amide bonds. The molecule has 7 rings (SSSR count). The first-order chi connectivity index (χ1) is 21.6. The molecule has 0 bridgehead atoms. The standard InChI is InChI=1S/2C11H16O.C11H12O.C5H6O.2CH3.2ClH.Zr/c3*1-8-3-5-10(7-8)11-6-4-9(2)12-11;1-5-3-2-4-6-5;;;;;/h2*4,6,8,10H,3,5,7H2,1-2H3;3-6H,7H2,1-2H3;2-4H,1H3;2*1H3;2*1H;/q;;;;2*-1;;;+4/p-2. The van der Waals surface area contributed by atoms with Crippen molar-refractivity contribution in [3.05, 3.63) is 128 Å². The molecule has 2 saturated carbocycles. The Kier molecular flexibility index (Phi) is 20.8. The number of aryl methyl sites for hydroxylation is 4. The summed E-state index contributed by atoms with van der Waals surface area (Å²) in [7, 11) is 9.87. The van der Waals surface area contributed by atoms with Gasteiger partial charge >= 0.3 is 37.9 Å². The van der Waals surface area contributed by atoms with Crippen molar-refractivity contribution < 1.29 is 38.5 Å². The van der Waals surface area contributed by atoms with Crippen molar-refractivity contribution in [2.45, 2.75) is 105 Å². The summed E-state index contributed by atoms with van der Waals surface area (Å²) >= 11 is -0.826. The van der Waals surface area contributed by atoms with Crippen molar-refractivity contribution in [3.8, 4) is 0 Å². The van der Waals surface area contributed by atoms with Crippen molar-refractivity contribution in [2.75, 3.05) is 0 Å². The van der Waals surface area contributed by atoms with Gasteiger partial charge in [-0.15, -0.1) is 0 Å².